The number of rotatable bonds is 5. The monoisotopic (exact) mass is 543 g/mol. The summed E-state index contributed by atoms with van der Waals surface area (Å²) in [5, 5.41) is 16.9. The van der Waals surface area contributed by atoms with Crippen molar-refractivity contribution in [3.8, 4) is 0 Å². The second-order valence-electron chi connectivity index (χ2n) is 9.23. The van der Waals surface area contributed by atoms with Crippen molar-refractivity contribution >= 4 is 46.5 Å². The molecule has 2 aliphatic rings. The van der Waals surface area contributed by atoms with E-state index in [1.165, 1.54) is 23.6 Å². The molecular formula is C23H26ClN9O3S. The highest BCUT2D eigenvalue weighted by molar-refractivity contribution is 7.13. The van der Waals surface area contributed by atoms with E-state index < -0.39 is 23.9 Å². The maximum Gasteiger partial charge on any atom is 0.314 e. The summed E-state index contributed by atoms with van der Waals surface area (Å²) in [6.07, 6.45) is 7.26. The molecule has 14 heteroatoms. The molecule has 4 heterocycles. The predicted molar refractivity (Wildman–Crippen MR) is 136 cm³/mol. The van der Waals surface area contributed by atoms with Crippen molar-refractivity contribution in [3.63, 3.8) is 0 Å². The Morgan fingerprint density at radius 3 is 2.65 bits per heavy atom. The Morgan fingerprint density at radius 1 is 1.08 bits per heavy atom. The van der Waals surface area contributed by atoms with Crippen LogP contribution in [-0.4, -0.2) is 73.0 Å². The van der Waals surface area contributed by atoms with Gasteiger partial charge in [0.15, 0.2) is 5.01 Å². The summed E-state index contributed by atoms with van der Waals surface area (Å²) < 4.78 is 1.90. The molecule has 1 saturated carbocycles. The lowest BCUT2D eigenvalue weighted by molar-refractivity contribution is -0.136. The van der Waals surface area contributed by atoms with Gasteiger partial charge in [-0.3, -0.25) is 14.4 Å². The maximum absolute atomic E-state index is 13.2. The summed E-state index contributed by atoms with van der Waals surface area (Å²) in [5.41, 5.74) is 0.969. The normalized spacial score (nSPS) is 21.6. The molecule has 3 atom stereocenters. The molecule has 0 aromatic carbocycles. The van der Waals surface area contributed by atoms with Gasteiger partial charge in [-0.25, -0.2) is 9.97 Å². The molecule has 194 valence electrons. The third kappa shape index (κ3) is 5.95. The van der Waals surface area contributed by atoms with E-state index in [0.717, 1.165) is 30.1 Å². The number of aromatic nitrogens is 5. The SMILES string of the molecule is CN1CCc2nc(C(=O)N[C@@H]3CC(n4cnnc4)CC[C@@H]3NC(=O)C(=O)Nc3ccc(Cl)cn3)sc2C1. The van der Waals surface area contributed by atoms with Crippen molar-refractivity contribution in [2.24, 2.45) is 0 Å². The first kappa shape index (κ1) is 25.2. The number of thiazole rings is 1. The van der Waals surface area contributed by atoms with Gasteiger partial charge < -0.3 is 25.4 Å². The third-order valence-electron chi connectivity index (χ3n) is 6.61. The van der Waals surface area contributed by atoms with Crippen LogP contribution in [-0.2, 0) is 22.6 Å². The van der Waals surface area contributed by atoms with E-state index in [2.05, 4.69) is 41.0 Å². The van der Waals surface area contributed by atoms with E-state index in [1.54, 1.807) is 18.7 Å². The lowest BCUT2D eigenvalue weighted by atomic mass is 9.86. The standard InChI is InChI=1S/C23H26ClN9O3S/c1-32-7-6-16-18(10-32)37-23(30-16)22(36)29-17-8-14(33-11-26-27-12-33)3-4-15(17)28-20(34)21(35)31-19-5-2-13(24)9-25-19/h2,5,9,11-12,14-15,17H,3-4,6-8,10H2,1H3,(H,28,34)(H,29,36)(H,25,31,35)/t14?,15-,17+/m0/s1. The van der Waals surface area contributed by atoms with Crippen LogP contribution >= 0.6 is 22.9 Å². The molecule has 12 nitrogen and oxygen atoms in total. The number of pyridine rings is 1. The minimum atomic E-state index is -0.849. The highest BCUT2D eigenvalue weighted by Crippen LogP contribution is 2.30. The summed E-state index contributed by atoms with van der Waals surface area (Å²) in [4.78, 5) is 50.3. The van der Waals surface area contributed by atoms with Crippen LogP contribution in [0.3, 0.4) is 0 Å². The van der Waals surface area contributed by atoms with E-state index in [-0.39, 0.29) is 17.8 Å². The Balaban J connectivity index is 1.28. The quantitative estimate of drug-likeness (QED) is 0.409. The Kier molecular flexibility index (Phi) is 7.44. The lowest BCUT2D eigenvalue weighted by Crippen LogP contribution is -2.56. The first-order chi connectivity index (χ1) is 17.9. The zero-order valence-electron chi connectivity index (χ0n) is 20.1. The van der Waals surface area contributed by atoms with E-state index >= 15 is 0 Å². The number of carbonyl (C=O) groups is 3. The van der Waals surface area contributed by atoms with Crippen molar-refractivity contribution < 1.29 is 14.4 Å². The minimum Gasteiger partial charge on any atom is -0.345 e. The Bertz CT molecular complexity index is 1280. The number of carbonyl (C=O) groups excluding carboxylic acids is 3. The van der Waals surface area contributed by atoms with Crippen molar-refractivity contribution in [2.75, 3.05) is 18.9 Å². The number of amides is 3. The van der Waals surface area contributed by atoms with Crippen LogP contribution in [0.5, 0.6) is 0 Å². The highest BCUT2D eigenvalue weighted by Gasteiger charge is 2.35. The van der Waals surface area contributed by atoms with Gasteiger partial charge in [-0.1, -0.05) is 11.6 Å². The fraction of sp³-hybridized carbons (Fsp3) is 0.435. The molecule has 37 heavy (non-hydrogen) atoms. The van der Waals surface area contributed by atoms with Crippen molar-refractivity contribution in [1.29, 1.82) is 0 Å². The van der Waals surface area contributed by atoms with E-state index in [0.29, 0.717) is 29.3 Å². The van der Waals surface area contributed by atoms with Crippen molar-refractivity contribution in [1.82, 2.24) is 40.3 Å². The topological polar surface area (TPSA) is 147 Å². The number of fused-ring (bicyclic) bond motifs is 1. The molecule has 3 amide bonds. The number of hydrogen-bond donors (Lipinski definition) is 3. The fourth-order valence-electron chi connectivity index (χ4n) is 4.66. The van der Waals surface area contributed by atoms with E-state index in [4.69, 9.17) is 11.6 Å². The van der Waals surface area contributed by atoms with Crippen LogP contribution < -0.4 is 16.0 Å². The van der Waals surface area contributed by atoms with Crippen molar-refractivity contribution in [2.45, 2.75) is 50.4 Å². The van der Waals surface area contributed by atoms with Crippen LogP contribution in [0.15, 0.2) is 31.0 Å². The summed E-state index contributed by atoms with van der Waals surface area (Å²) in [6, 6.07) is 2.23. The number of nitrogens with zero attached hydrogens (tertiary/aromatic N) is 6. The largest absolute Gasteiger partial charge is 0.345 e. The molecule has 3 aromatic heterocycles. The van der Waals surface area contributed by atoms with E-state index in [1.807, 2.05) is 11.6 Å². The van der Waals surface area contributed by atoms with Gasteiger partial charge in [0.2, 0.25) is 0 Å². The van der Waals surface area contributed by atoms with Crippen LogP contribution in [0.25, 0.3) is 0 Å². The molecule has 5 rings (SSSR count). The Hall–Kier alpha value is -3.42. The Morgan fingerprint density at radius 2 is 1.89 bits per heavy atom. The average molecular weight is 544 g/mol. The summed E-state index contributed by atoms with van der Waals surface area (Å²) >= 11 is 7.22. The minimum absolute atomic E-state index is 0.0405. The number of nitrogens with one attached hydrogen (secondary N) is 3. The van der Waals surface area contributed by atoms with Gasteiger partial charge in [0.05, 0.1) is 16.8 Å². The number of hydrogen-bond acceptors (Lipinski definition) is 9. The number of likely N-dealkylation sites (N-methyl/N-ethyl adjacent to an activating group) is 1. The van der Waals surface area contributed by atoms with Gasteiger partial charge in [-0.2, -0.15) is 0 Å². The molecule has 1 aliphatic carbocycles. The highest BCUT2D eigenvalue weighted by atomic mass is 35.5. The van der Waals surface area contributed by atoms with E-state index in [9.17, 15) is 14.4 Å². The molecule has 1 unspecified atom stereocenters. The van der Waals surface area contributed by atoms with Gasteiger partial charge >= 0.3 is 11.8 Å². The lowest BCUT2D eigenvalue weighted by Gasteiger charge is -2.37. The van der Waals surface area contributed by atoms with Gasteiger partial charge in [-0.15, -0.1) is 21.5 Å². The molecule has 0 saturated heterocycles. The van der Waals surface area contributed by atoms with Crippen LogP contribution in [0.2, 0.25) is 5.02 Å². The molecule has 1 fully saturated rings. The molecular weight excluding hydrogens is 518 g/mol. The second kappa shape index (κ2) is 10.9. The number of halogens is 1. The molecule has 1 aliphatic heterocycles. The van der Waals surface area contributed by atoms with Crippen LogP contribution in [0.1, 0.15) is 45.7 Å². The second-order valence-corrected chi connectivity index (χ2v) is 10.7. The zero-order valence-corrected chi connectivity index (χ0v) is 21.6. The first-order valence-electron chi connectivity index (χ1n) is 11.9. The average Bonchev–Trinajstić information content (AvgIpc) is 3.56. The van der Waals surface area contributed by atoms with Crippen molar-refractivity contribution in [3.05, 3.63) is 51.6 Å². The fourth-order valence-corrected chi connectivity index (χ4v) is 5.86. The van der Waals surface area contributed by atoms with Gasteiger partial charge in [-0.05, 0) is 38.4 Å². The van der Waals surface area contributed by atoms with Crippen LogP contribution in [0, 0.1) is 0 Å². The smallest absolute Gasteiger partial charge is 0.314 e. The molecule has 3 aromatic rings. The Labute approximate surface area is 221 Å². The first-order valence-corrected chi connectivity index (χ1v) is 13.1. The van der Waals surface area contributed by atoms with Gasteiger partial charge in [0.25, 0.3) is 5.91 Å². The summed E-state index contributed by atoms with van der Waals surface area (Å²) in [5.74, 6) is -1.73. The molecule has 0 bridgehead atoms. The predicted octanol–water partition coefficient (Wildman–Crippen LogP) is 1.42. The zero-order chi connectivity index (χ0) is 25.9. The van der Waals surface area contributed by atoms with Gasteiger partial charge in [0, 0.05) is 42.7 Å². The number of anilines is 1. The third-order valence-corrected chi connectivity index (χ3v) is 7.91. The van der Waals surface area contributed by atoms with Crippen LogP contribution in [0.4, 0.5) is 5.82 Å². The molecule has 0 spiro atoms. The maximum atomic E-state index is 13.2. The molecule has 3 N–H and O–H groups in total. The molecule has 0 radical (unpaired) electrons. The summed E-state index contributed by atoms with van der Waals surface area (Å²) in [7, 11) is 2.04. The summed E-state index contributed by atoms with van der Waals surface area (Å²) in [6.45, 7) is 1.68. The van der Waals surface area contributed by atoms with Gasteiger partial charge in [0.1, 0.15) is 18.5 Å².